The van der Waals surface area contributed by atoms with Crippen LogP contribution in [-0.4, -0.2) is 37.3 Å². The van der Waals surface area contributed by atoms with Crippen LogP contribution in [-0.2, 0) is 9.53 Å². The average Bonchev–Trinajstić information content (AvgIpc) is 2.98. The minimum Gasteiger partial charge on any atom is -0.465 e. The number of nitrogens with one attached hydrogen (secondary N) is 3. The summed E-state index contributed by atoms with van der Waals surface area (Å²) in [5, 5.41) is 22.1. The summed E-state index contributed by atoms with van der Waals surface area (Å²) in [5.74, 6) is -0.494. The first-order chi connectivity index (χ1) is 19.2. The van der Waals surface area contributed by atoms with Crippen LogP contribution in [0.3, 0.4) is 0 Å². The molecule has 0 spiro atoms. The zero-order valence-corrected chi connectivity index (χ0v) is 24.3. The van der Waals surface area contributed by atoms with Crippen molar-refractivity contribution in [3.8, 4) is 0 Å². The lowest BCUT2D eigenvalue weighted by atomic mass is 9.70. The highest BCUT2D eigenvalue weighted by atomic mass is 16.5. The number of rotatable bonds is 9. The summed E-state index contributed by atoms with van der Waals surface area (Å²) in [6.45, 7) is 11.2. The van der Waals surface area contributed by atoms with E-state index in [2.05, 4.69) is 20.8 Å². The minimum atomic E-state index is -0.869. The van der Waals surface area contributed by atoms with Gasteiger partial charge in [-0.15, -0.1) is 5.10 Å². The summed E-state index contributed by atoms with van der Waals surface area (Å²) >= 11 is 0. The lowest BCUT2D eigenvalue weighted by Gasteiger charge is -2.34. The van der Waals surface area contributed by atoms with E-state index in [4.69, 9.17) is 10.1 Å². The highest BCUT2D eigenvalue weighted by Crippen LogP contribution is 2.42. The van der Waals surface area contributed by atoms with Crippen LogP contribution < -0.4 is 10.6 Å². The molecular weight excluding hydrogens is 502 g/mol. The highest BCUT2D eigenvalue weighted by molar-refractivity contribution is 6.00. The van der Waals surface area contributed by atoms with Gasteiger partial charge in [-0.1, -0.05) is 64.1 Å². The molecule has 0 aliphatic rings. The Balaban J connectivity index is 0.00000274. The largest absolute Gasteiger partial charge is 0.465 e. The molecule has 0 bridgehead atoms. The zero-order chi connectivity index (χ0) is 29.7. The lowest BCUT2D eigenvalue weighted by molar-refractivity contribution is -0.128. The molecule has 0 heterocycles. The Morgan fingerprint density at radius 1 is 0.975 bits per heavy atom. The zero-order valence-electron chi connectivity index (χ0n) is 24.3. The number of carbonyl (C=O) groups is 2. The molecule has 0 aliphatic heterocycles. The molecule has 0 saturated heterocycles. The Morgan fingerprint density at radius 2 is 1.62 bits per heavy atom. The van der Waals surface area contributed by atoms with Gasteiger partial charge in [0.2, 0.25) is 5.91 Å². The smallest absolute Gasteiger partial charge is 0.337 e. The number of hydrogen-bond acceptors (Lipinski definition) is 7. The molecule has 1 atom stereocenters. The van der Waals surface area contributed by atoms with Gasteiger partial charge < -0.3 is 20.8 Å². The maximum atomic E-state index is 13.5. The van der Waals surface area contributed by atoms with E-state index in [9.17, 15) is 9.59 Å². The van der Waals surface area contributed by atoms with Gasteiger partial charge >= 0.3 is 5.97 Å². The summed E-state index contributed by atoms with van der Waals surface area (Å²) in [7, 11) is 1.34. The number of nitrogens with zero attached hydrogens (tertiary/aromatic N) is 2. The molecule has 1 unspecified atom stereocenters. The van der Waals surface area contributed by atoms with E-state index in [1.807, 2.05) is 76.2 Å². The molecule has 3 aromatic rings. The van der Waals surface area contributed by atoms with Gasteiger partial charge in [-0.05, 0) is 61.4 Å². The van der Waals surface area contributed by atoms with Gasteiger partial charge in [0.1, 0.15) is 5.84 Å². The fourth-order valence-electron chi connectivity index (χ4n) is 4.25. The first-order valence-electron chi connectivity index (χ1n) is 13.2. The van der Waals surface area contributed by atoms with Gasteiger partial charge in [0, 0.05) is 35.3 Å². The van der Waals surface area contributed by atoms with Crippen molar-refractivity contribution >= 4 is 41.5 Å². The Morgan fingerprint density at radius 3 is 2.20 bits per heavy atom. The van der Waals surface area contributed by atoms with E-state index < -0.39 is 11.4 Å². The van der Waals surface area contributed by atoms with Crippen LogP contribution in [0.4, 0.5) is 11.4 Å². The van der Waals surface area contributed by atoms with Crippen LogP contribution in [0, 0.1) is 10.8 Å². The number of amidine groups is 1. The van der Waals surface area contributed by atoms with Gasteiger partial charge in [-0.2, -0.15) is 5.10 Å². The molecule has 0 saturated carbocycles. The van der Waals surface area contributed by atoms with E-state index >= 15 is 0 Å². The summed E-state index contributed by atoms with van der Waals surface area (Å²) in [6, 6.07) is 22.5. The molecule has 0 radical (unpaired) electrons. The predicted octanol–water partition coefficient (Wildman–Crippen LogP) is 6.94. The molecule has 3 aromatic carbocycles. The van der Waals surface area contributed by atoms with E-state index in [1.54, 1.807) is 44.3 Å². The van der Waals surface area contributed by atoms with Crippen molar-refractivity contribution in [1.82, 2.24) is 5.32 Å². The van der Waals surface area contributed by atoms with Crippen LogP contribution in [0.15, 0.2) is 83.0 Å². The quantitative estimate of drug-likeness (QED) is 0.118. The number of carbonyl (C=O) groups excluding carboxylic acids is 2. The van der Waals surface area contributed by atoms with Gasteiger partial charge in [0.05, 0.1) is 18.1 Å². The number of ether oxygens (including phenoxy) is 1. The van der Waals surface area contributed by atoms with E-state index in [0.717, 1.165) is 22.5 Å². The topological polar surface area (TPSA) is 116 Å². The van der Waals surface area contributed by atoms with Crippen molar-refractivity contribution in [1.29, 1.82) is 5.41 Å². The van der Waals surface area contributed by atoms with Crippen molar-refractivity contribution in [2.24, 2.45) is 15.6 Å². The molecule has 1 amide bonds. The van der Waals surface area contributed by atoms with Gasteiger partial charge in [0.15, 0.2) is 0 Å². The fraction of sp³-hybridized carbons (Fsp3) is 0.281. The van der Waals surface area contributed by atoms with Gasteiger partial charge in [-0.3, -0.25) is 4.79 Å². The molecular formula is C32H39N5O3. The maximum absolute atomic E-state index is 13.5. The van der Waals surface area contributed by atoms with E-state index in [-0.39, 0.29) is 11.8 Å². The Hall–Kier alpha value is -4.59. The number of anilines is 2. The summed E-state index contributed by atoms with van der Waals surface area (Å²) in [5.41, 5.74) is 3.60. The van der Waals surface area contributed by atoms with Crippen molar-refractivity contribution in [2.45, 2.75) is 47.5 Å². The number of esters is 1. The first-order valence-corrected chi connectivity index (χ1v) is 13.2. The minimum absolute atomic E-state index is 0.191. The molecule has 8 heteroatoms. The molecule has 0 aliphatic carbocycles. The molecule has 40 heavy (non-hydrogen) atoms. The molecule has 0 fully saturated rings. The summed E-state index contributed by atoms with van der Waals surface area (Å²) in [6.07, 6.45) is 2.83. The molecule has 3 N–H and O–H groups in total. The SMILES string of the molecule is C/C=N\N=C(/C)NC(=O)C(C)(C)C(c1ccccc1)c1ccc(Nc2ccc(C(=O)OC)cc2)c(C=N)c1.CC. The van der Waals surface area contributed by atoms with E-state index in [0.29, 0.717) is 17.0 Å². The Labute approximate surface area is 237 Å². The van der Waals surface area contributed by atoms with Crippen LogP contribution in [0.25, 0.3) is 0 Å². The Kier molecular flexibility index (Phi) is 12.0. The highest BCUT2D eigenvalue weighted by Gasteiger charge is 2.39. The number of methoxy groups -OCH3 is 1. The monoisotopic (exact) mass is 541 g/mol. The third-order valence-corrected chi connectivity index (χ3v) is 6.21. The van der Waals surface area contributed by atoms with Crippen LogP contribution >= 0.6 is 0 Å². The molecule has 3 rings (SSSR count). The number of benzene rings is 3. The van der Waals surface area contributed by atoms with Crippen molar-refractivity contribution < 1.29 is 14.3 Å². The van der Waals surface area contributed by atoms with Crippen molar-refractivity contribution in [2.75, 3.05) is 12.4 Å². The normalized spacial score (nSPS) is 12.1. The second-order valence-electron chi connectivity index (χ2n) is 9.26. The second-order valence-corrected chi connectivity index (χ2v) is 9.26. The summed E-state index contributed by atoms with van der Waals surface area (Å²) < 4.78 is 4.76. The van der Waals surface area contributed by atoms with Crippen molar-refractivity contribution in [3.63, 3.8) is 0 Å². The van der Waals surface area contributed by atoms with Crippen LogP contribution in [0.1, 0.15) is 74.5 Å². The third-order valence-electron chi connectivity index (χ3n) is 6.21. The second kappa shape index (κ2) is 15.1. The number of amides is 1. The third kappa shape index (κ3) is 7.96. The van der Waals surface area contributed by atoms with Gasteiger partial charge in [-0.25, -0.2) is 4.79 Å². The number of hydrogen-bond donors (Lipinski definition) is 3. The lowest BCUT2D eigenvalue weighted by Crippen LogP contribution is -2.43. The van der Waals surface area contributed by atoms with Crippen LogP contribution in [0.2, 0.25) is 0 Å². The summed E-state index contributed by atoms with van der Waals surface area (Å²) in [4.78, 5) is 25.2. The van der Waals surface area contributed by atoms with Gasteiger partial charge in [0.25, 0.3) is 0 Å². The predicted molar refractivity (Wildman–Crippen MR) is 164 cm³/mol. The first kappa shape index (κ1) is 31.6. The van der Waals surface area contributed by atoms with E-state index in [1.165, 1.54) is 13.3 Å². The van der Waals surface area contributed by atoms with Crippen LogP contribution in [0.5, 0.6) is 0 Å². The molecule has 8 nitrogen and oxygen atoms in total. The standard InChI is InChI=1S/C30H33N5O3.C2H6/c1-6-32-35-20(2)33-29(37)30(3,4)27(21-10-8-7-9-11-21)23-14-17-26(24(18-23)19-31)34-25-15-12-22(13-16-25)28(36)38-5;1-2/h6-19,27,31,34H,1-5H3,(H,33,35,37);1-2H3/b31-19?,32-6-;. The molecule has 0 aromatic heterocycles. The Bertz CT molecular complexity index is 1350. The maximum Gasteiger partial charge on any atom is 0.337 e. The average molecular weight is 542 g/mol. The molecule has 210 valence electrons. The fourth-order valence-corrected chi connectivity index (χ4v) is 4.25. The van der Waals surface area contributed by atoms with Crippen molar-refractivity contribution in [3.05, 3.63) is 95.1 Å².